The molecule has 0 saturated carbocycles. The van der Waals surface area contributed by atoms with E-state index in [9.17, 15) is 18.0 Å². The summed E-state index contributed by atoms with van der Waals surface area (Å²) in [5.74, 6) is 0. The lowest BCUT2D eigenvalue weighted by molar-refractivity contribution is -0.137. The molecule has 2 amide bonds. The number of piperidine rings is 1. The summed E-state index contributed by atoms with van der Waals surface area (Å²) in [6.45, 7) is 1.30. The maximum Gasteiger partial charge on any atom is 0.416 e. The van der Waals surface area contributed by atoms with Crippen LogP contribution in [-0.2, 0) is 19.1 Å². The number of alkyl halides is 3. The van der Waals surface area contributed by atoms with Gasteiger partial charge in [-0.25, -0.2) is 4.79 Å². The Labute approximate surface area is 238 Å². The second kappa shape index (κ2) is 11.8. The van der Waals surface area contributed by atoms with Crippen molar-refractivity contribution in [1.82, 2.24) is 15.2 Å². The van der Waals surface area contributed by atoms with Crippen LogP contribution < -0.4 is 15.5 Å². The van der Waals surface area contributed by atoms with Gasteiger partial charge in [-0.15, -0.1) is 0 Å². The van der Waals surface area contributed by atoms with Crippen molar-refractivity contribution in [2.45, 2.75) is 37.5 Å². The number of hydrogen-bond acceptors (Lipinski definition) is 4. The van der Waals surface area contributed by atoms with Gasteiger partial charge in [0.1, 0.15) is 0 Å². The highest BCUT2D eigenvalue weighted by molar-refractivity contribution is 6.00. The van der Waals surface area contributed by atoms with Gasteiger partial charge < -0.3 is 20.4 Å². The van der Waals surface area contributed by atoms with Gasteiger partial charge in [0.05, 0.1) is 16.8 Å². The Morgan fingerprint density at radius 1 is 0.976 bits per heavy atom. The lowest BCUT2D eigenvalue weighted by Gasteiger charge is -2.47. The van der Waals surface area contributed by atoms with Gasteiger partial charge in [0.25, 0.3) is 0 Å². The van der Waals surface area contributed by atoms with Crippen molar-refractivity contribution in [3.63, 3.8) is 0 Å². The van der Waals surface area contributed by atoms with Crippen LogP contribution in [0.25, 0.3) is 10.9 Å². The van der Waals surface area contributed by atoms with E-state index in [4.69, 9.17) is 0 Å². The topological polar surface area (TPSA) is 60.5 Å². The van der Waals surface area contributed by atoms with Crippen molar-refractivity contribution in [2.24, 2.45) is 0 Å². The fourth-order valence-corrected chi connectivity index (χ4v) is 5.66. The third kappa shape index (κ3) is 6.46. The summed E-state index contributed by atoms with van der Waals surface area (Å²) in [7, 11) is 4.14. The van der Waals surface area contributed by atoms with Crippen molar-refractivity contribution in [3.8, 4) is 0 Å². The first-order valence-electron chi connectivity index (χ1n) is 13.7. The molecule has 1 saturated heterocycles. The van der Waals surface area contributed by atoms with E-state index in [2.05, 4.69) is 46.7 Å². The highest BCUT2D eigenvalue weighted by Crippen LogP contribution is 2.37. The van der Waals surface area contributed by atoms with E-state index in [1.807, 2.05) is 35.2 Å². The Morgan fingerprint density at radius 2 is 1.73 bits per heavy atom. The third-order valence-corrected chi connectivity index (χ3v) is 8.11. The smallest absolute Gasteiger partial charge is 0.371 e. The molecule has 6 nitrogen and oxygen atoms in total. The van der Waals surface area contributed by atoms with Crippen LogP contribution >= 0.6 is 0 Å². The monoisotopic (exact) mass is 561 g/mol. The molecular formula is C32H34F3N5O. The molecule has 1 aliphatic heterocycles. The Bertz CT molecular complexity index is 1490. The average Bonchev–Trinajstić information content (AvgIpc) is 2.96. The van der Waals surface area contributed by atoms with Crippen LogP contribution in [0, 0.1) is 0 Å². The van der Waals surface area contributed by atoms with Crippen molar-refractivity contribution in [2.75, 3.05) is 37.4 Å². The quantitative estimate of drug-likeness (QED) is 0.263. The van der Waals surface area contributed by atoms with Gasteiger partial charge in [-0.3, -0.25) is 4.98 Å². The maximum absolute atomic E-state index is 13.7. The number of benzene rings is 3. The number of carbonyl (C=O) groups excluding carboxylic acids is 1. The molecule has 9 heteroatoms. The number of halogens is 3. The number of aromatic nitrogens is 1. The van der Waals surface area contributed by atoms with Crippen LogP contribution in [0.2, 0.25) is 0 Å². The van der Waals surface area contributed by atoms with Crippen molar-refractivity contribution >= 4 is 28.3 Å². The van der Waals surface area contributed by atoms with E-state index in [1.54, 1.807) is 24.4 Å². The predicted molar refractivity (Wildman–Crippen MR) is 157 cm³/mol. The van der Waals surface area contributed by atoms with Gasteiger partial charge in [0, 0.05) is 42.4 Å². The number of pyridine rings is 1. The molecule has 1 aliphatic rings. The number of rotatable bonds is 7. The molecule has 41 heavy (non-hydrogen) atoms. The number of urea groups is 1. The largest absolute Gasteiger partial charge is 0.416 e. The Kier molecular flexibility index (Phi) is 8.17. The summed E-state index contributed by atoms with van der Waals surface area (Å²) in [6, 6.07) is 22.7. The number of anilines is 2. The van der Waals surface area contributed by atoms with Crippen molar-refractivity contribution in [3.05, 3.63) is 102 Å². The molecule has 5 rings (SSSR count). The number of likely N-dealkylation sites (N-methyl/N-ethyl adjacent to an activating group) is 1. The zero-order valence-corrected chi connectivity index (χ0v) is 23.2. The fourth-order valence-electron chi connectivity index (χ4n) is 5.66. The Morgan fingerprint density at radius 3 is 2.44 bits per heavy atom. The summed E-state index contributed by atoms with van der Waals surface area (Å²) in [4.78, 5) is 21.4. The minimum atomic E-state index is -4.46. The summed E-state index contributed by atoms with van der Waals surface area (Å²) >= 11 is 0. The van der Waals surface area contributed by atoms with E-state index < -0.39 is 17.8 Å². The minimum Gasteiger partial charge on any atom is -0.371 e. The van der Waals surface area contributed by atoms with E-state index in [0.29, 0.717) is 30.0 Å². The summed E-state index contributed by atoms with van der Waals surface area (Å²) in [5, 5.41) is 6.48. The lowest BCUT2D eigenvalue weighted by Crippen LogP contribution is -2.54. The number of nitrogens with one attached hydrogen (secondary N) is 2. The van der Waals surface area contributed by atoms with E-state index >= 15 is 0 Å². The van der Waals surface area contributed by atoms with Gasteiger partial charge in [-0.2, -0.15) is 13.2 Å². The zero-order chi connectivity index (χ0) is 29.0. The molecule has 4 aromatic rings. The molecule has 1 fully saturated rings. The van der Waals surface area contributed by atoms with Crippen LogP contribution in [0.5, 0.6) is 0 Å². The molecule has 0 aliphatic carbocycles. The number of nitrogens with zero attached hydrogens (tertiary/aromatic N) is 3. The summed E-state index contributed by atoms with van der Waals surface area (Å²) < 4.78 is 41.1. The van der Waals surface area contributed by atoms with Crippen LogP contribution in [0.3, 0.4) is 0 Å². The van der Waals surface area contributed by atoms with E-state index in [1.165, 1.54) is 17.7 Å². The van der Waals surface area contributed by atoms with Gasteiger partial charge in [-0.1, -0.05) is 42.5 Å². The highest BCUT2D eigenvalue weighted by atomic mass is 19.4. The first-order chi connectivity index (χ1) is 19.6. The Hall–Kier alpha value is -4.11. The molecule has 2 N–H and O–H groups in total. The van der Waals surface area contributed by atoms with Crippen molar-refractivity contribution in [1.29, 1.82) is 0 Å². The minimum absolute atomic E-state index is 0.0850. The summed E-state index contributed by atoms with van der Waals surface area (Å²) in [6.07, 6.45) is -0.309. The normalized spacial score (nSPS) is 15.2. The average molecular weight is 562 g/mol. The zero-order valence-electron chi connectivity index (χ0n) is 23.2. The predicted octanol–water partition coefficient (Wildman–Crippen LogP) is 6.72. The molecule has 0 radical (unpaired) electrons. The van der Waals surface area contributed by atoms with E-state index in [-0.39, 0.29) is 12.1 Å². The van der Waals surface area contributed by atoms with Gasteiger partial charge >= 0.3 is 12.2 Å². The van der Waals surface area contributed by atoms with Crippen LogP contribution in [0.1, 0.15) is 29.5 Å². The molecule has 3 aromatic carbocycles. The van der Waals surface area contributed by atoms with Crippen LogP contribution in [0.4, 0.5) is 29.3 Å². The number of hydrogen-bond donors (Lipinski definition) is 2. The van der Waals surface area contributed by atoms with Crippen LogP contribution in [-0.4, -0.2) is 48.6 Å². The second-order valence-corrected chi connectivity index (χ2v) is 10.8. The molecule has 0 bridgehead atoms. The molecule has 0 spiro atoms. The lowest BCUT2D eigenvalue weighted by atomic mass is 9.80. The van der Waals surface area contributed by atoms with Crippen molar-refractivity contribution < 1.29 is 18.0 Å². The van der Waals surface area contributed by atoms with Gasteiger partial charge in [0.15, 0.2) is 0 Å². The number of carbonyl (C=O) groups is 1. The molecule has 214 valence electrons. The molecule has 1 aromatic heterocycles. The molecular weight excluding hydrogens is 527 g/mol. The second-order valence-electron chi connectivity index (χ2n) is 10.8. The maximum atomic E-state index is 13.7. The fraction of sp³-hybridized carbons (Fsp3) is 0.312. The van der Waals surface area contributed by atoms with Crippen LogP contribution in [0.15, 0.2) is 85.1 Å². The summed E-state index contributed by atoms with van der Waals surface area (Å²) in [5.41, 5.74) is 2.95. The number of fused-ring (bicyclic) bond motifs is 1. The van der Waals surface area contributed by atoms with Gasteiger partial charge in [-0.05, 0) is 80.9 Å². The van der Waals surface area contributed by atoms with E-state index in [0.717, 1.165) is 36.2 Å². The number of amides is 2. The molecule has 0 atom stereocenters. The standard InChI is InChI=1S/C32H34F3N5O/c1-39(2)31(21-23-8-4-3-5-9-23)15-18-40(19-16-31)29-20-25(32(33,34)35)14-13-24(29)22-37-30(41)38-28-12-6-11-27-26(28)10-7-17-36-27/h3-14,17,20H,15-16,18-19,21-22H2,1-2H3,(H2,37,38,41). The SMILES string of the molecule is CN(C)C1(Cc2ccccc2)CCN(c2cc(C(F)(F)F)ccc2CNC(=O)Nc2cccc3ncccc23)CC1. The first-order valence-corrected chi connectivity index (χ1v) is 13.7. The van der Waals surface area contributed by atoms with Gasteiger partial charge in [0.2, 0.25) is 0 Å². The highest BCUT2D eigenvalue weighted by Gasteiger charge is 2.38. The third-order valence-electron chi connectivity index (χ3n) is 8.11. The molecule has 2 heterocycles. The molecule has 0 unspecified atom stereocenters. The first kappa shape index (κ1) is 28.4. The Balaban J connectivity index is 1.33.